The van der Waals surface area contributed by atoms with E-state index in [1.165, 1.54) is 16.0 Å². The van der Waals surface area contributed by atoms with Crippen LogP contribution in [0.1, 0.15) is 11.1 Å². The molecule has 0 bridgehead atoms. The van der Waals surface area contributed by atoms with E-state index >= 15 is 0 Å². The number of aryl methyl sites for hydroxylation is 2. The lowest BCUT2D eigenvalue weighted by Crippen LogP contribution is -1.99. The van der Waals surface area contributed by atoms with E-state index < -0.39 is 0 Å². The molecule has 0 aliphatic heterocycles. The average Bonchev–Trinajstić information content (AvgIpc) is 3.02. The molecule has 130 valence electrons. The molecule has 1 N–H and O–H groups in total. The van der Waals surface area contributed by atoms with Gasteiger partial charge in [0.1, 0.15) is 11.5 Å². The molecular weight excluding hydrogens is 340 g/mol. The minimum atomic E-state index is 0.684. The highest BCUT2D eigenvalue weighted by Crippen LogP contribution is 2.32. The molecule has 0 saturated heterocycles. The Morgan fingerprint density at radius 2 is 1.85 bits per heavy atom. The standard InChI is InChI=1S/C21H20N4S/c1-14-5-10-18(15(2)13-14)23-20-19(16-6-8-17(26-3)9-7-16)24-21-22-11-4-12-25(20)21/h4-13,23H,1-3H3. The first-order chi connectivity index (χ1) is 12.7. The number of benzene rings is 2. The van der Waals surface area contributed by atoms with Crippen LogP contribution in [0.5, 0.6) is 0 Å². The molecule has 4 rings (SSSR count). The normalized spacial score (nSPS) is 11.0. The van der Waals surface area contributed by atoms with Gasteiger partial charge in [0.15, 0.2) is 0 Å². The van der Waals surface area contributed by atoms with E-state index in [9.17, 15) is 0 Å². The minimum Gasteiger partial charge on any atom is -0.339 e. The van der Waals surface area contributed by atoms with Crippen molar-refractivity contribution in [3.63, 3.8) is 0 Å². The Kier molecular flexibility index (Phi) is 4.39. The monoisotopic (exact) mass is 360 g/mol. The van der Waals surface area contributed by atoms with Crippen molar-refractivity contribution in [2.24, 2.45) is 0 Å². The van der Waals surface area contributed by atoms with Crippen molar-refractivity contribution in [1.29, 1.82) is 0 Å². The van der Waals surface area contributed by atoms with Gasteiger partial charge in [-0.25, -0.2) is 9.97 Å². The van der Waals surface area contributed by atoms with Crippen molar-refractivity contribution in [1.82, 2.24) is 14.4 Å². The summed E-state index contributed by atoms with van der Waals surface area (Å²) in [5.41, 5.74) is 5.49. The van der Waals surface area contributed by atoms with Gasteiger partial charge in [-0.1, -0.05) is 29.8 Å². The number of hydrogen-bond acceptors (Lipinski definition) is 4. The SMILES string of the molecule is CSc1ccc(-c2nc3ncccn3c2Nc2ccc(C)cc2C)cc1. The molecule has 0 aliphatic rings. The van der Waals surface area contributed by atoms with Gasteiger partial charge in [0.2, 0.25) is 5.78 Å². The molecule has 0 unspecified atom stereocenters. The van der Waals surface area contributed by atoms with Gasteiger partial charge in [0.25, 0.3) is 0 Å². The van der Waals surface area contributed by atoms with Crippen LogP contribution in [0.15, 0.2) is 65.8 Å². The molecule has 2 heterocycles. The summed E-state index contributed by atoms with van der Waals surface area (Å²) in [6.07, 6.45) is 5.84. The summed E-state index contributed by atoms with van der Waals surface area (Å²) in [7, 11) is 0. The molecule has 4 nitrogen and oxygen atoms in total. The molecule has 0 spiro atoms. The van der Waals surface area contributed by atoms with E-state index in [-0.39, 0.29) is 0 Å². The van der Waals surface area contributed by atoms with Crippen LogP contribution < -0.4 is 5.32 Å². The van der Waals surface area contributed by atoms with Crippen LogP contribution in [-0.4, -0.2) is 20.6 Å². The molecule has 0 radical (unpaired) electrons. The van der Waals surface area contributed by atoms with Gasteiger partial charge in [0.05, 0.1) is 0 Å². The van der Waals surface area contributed by atoms with Crippen LogP contribution in [-0.2, 0) is 0 Å². The second-order valence-electron chi connectivity index (χ2n) is 6.27. The van der Waals surface area contributed by atoms with Gasteiger partial charge < -0.3 is 5.32 Å². The van der Waals surface area contributed by atoms with Crippen LogP contribution >= 0.6 is 11.8 Å². The molecule has 4 aromatic rings. The predicted octanol–water partition coefficient (Wildman–Crippen LogP) is 5.48. The highest BCUT2D eigenvalue weighted by molar-refractivity contribution is 7.98. The molecule has 2 aromatic heterocycles. The fourth-order valence-electron chi connectivity index (χ4n) is 3.04. The summed E-state index contributed by atoms with van der Waals surface area (Å²) in [6.45, 7) is 4.22. The maximum Gasteiger partial charge on any atom is 0.235 e. The average molecular weight is 360 g/mol. The summed E-state index contributed by atoms with van der Waals surface area (Å²) >= 11 is 1.73. The topological polar surface area (TPSA) is 42.2 Å². The number of nitrogens with one attached hydrogen (secondary N) is 1. The third-order valence-corrected chi connectivity index (χ3v) is 5.15. The number of anilines is 2. The maximum absolute atomic E-state index is 4.76. The number of hydrogen-bond donors (Lipinski definition) is 1. The second kappa shape index (κ2) is 6.84. The summed E-state index contributed by atoms with van der Waals surface area (Å²) in [6, 6.07) is 16.8. The van der Waals surface area contributed by atoms with Crippen molar-refractivity contribution >= 4 is 29.0 Å². The number of nitrogens with zero attached hydrogens (tertiary/aromatic N) is 3. The zero-order chi connectivity index (χ0) is 18.1. The first-order valence-corrected chi connectivity index (χ1v) is 9.70. The van der Waals surface area contributed by atoms with E-state index in [1.54, 1.807) is 18.0 Å². The van der Waals surface area contributed by atoms with Crippen LogP contribution in [0.4, 0.5) is 11.5 Å². The molecule has 0 saturated carbocycles. The van der Waals surface area contributed by atoms with Crippen molar-refractivity contribution in [2.75, 3.05) is 11.6 Å². The smallest absolute Gasteiger partial charge is 0.235 e. The summed E-state index contributed by atoms with van der Waals surface area (Å²) in [5.74, 6) is 1.61. The Morgan fingerprint density at radius 1 is 1.04 bits per heavy atom. The van der Waals surface area contributed by atoms with E-state index in [4.69, 9.17) is 4.98 Å². The Morgan fingerprint density at radius 3 is 2.58 bits per heavy atom. The highest BCUT2D eigenvalue weighted by Gasteiger charge is 2.15. The summed E-state index contributed by atoms with van der Waals surface area (Å²) < 4.78 is 2.00. The van der Waals surface area contributed by atoms with Gasteiger partial charge in [-0.3, -0.25) is 4.40 Å². The van der Waals surface area contributed by atoms with Gasteiger partial charge in [-0.05, 0) is 49.9 Å². The van der Waals surface area contributed by atoms with Gasteiger partial charge >= 0.3 is 0 Å². The van der Waals surface area contributed by atoms with Gasteiger partial charge in [-0.2, -0.15) is 0 Å². The quantitative estimate of drug-likeness (QED) is 0.489. The third-order valence-electron chi connectivity index (χ3n) is 4.40. The summed E-state index contributed by atoms with van der Waals surface area (Å²) in [4.78, 5) is 10.4. The zero-order valence-electron chi connectivity index (χ0n) is 15.0. The van der Waals surface area contributed by atoms with Crippen LogP contribution in [0.25, 0.3) is 17.0 Å². The number of rotatable bonds is 4. The minimum absolute atomic E-state index is 0.684. The predicted molar refractivity (Wildman–Crippen MR) is 109 cm³/mol. The van der Waals surface area contributed by atoms with Crippen molar-refractivity contribution in [3.8, 4) is 11.3 Å². The lowest BCUT2D eigenvalue weighted by atomic mass is 10.1. The molecule has 0 aliphatic carbocycles. The maximum atomic E-state index is 4.76. The van der Waals surface area contributed by atoms with E-state index in [0.717, 1.165) is 22.8 Å². The zero-order valence-corrected chi connectivity index (χ0v) is 15.8. The number of imidazole rings is 1. The third kappa shape index (κ3) is 3.06. The lowest BCUT2D eigenvalue weighted by Gasteiger charge is -2.12. The van der Waals surface area contributed by atoms with Crippen LogP contribution in [0, 0.1) is 13.8 Å². The number of aromatic nitrogens is 3. The Labute approximate surface area is 157 Å². The van der Waals surface area contributed by atoms with Gasteiger partial charge in [-0.15, -0.1) is 11.8 Å². The van der Waals surface area contributed by atoms with Crippen molar-refractivity contribution in [3.05, 3.63) is 72.1 Å². The second-order valence-corrected chi connectivity index (χ2v) is 7.15. The fraction of sp³-hybridized carbons (Fsp3) is 0.143. The lowest BCUT2D eigenvalue weighted by molar-refractivity contribution is 1.11. The molecule has 0 amide bonds. The first kappa shape index (κ1) is 16.7. The Hall–Kier alpha value is -2.79. The molecule has 26 heavy (non-hydrogen) atoms. The van der Waals surface area contributed by atoms with E-state index in [0.29, 0.717) is 5.78 Å². The van der Waals surface area contributed by atoms with Crippen LogP contribution in [0.2, 0.25) is 0 Å². The molecule has 0 atom stereocenters. The van der Waals surface area contributed by atoms with Crippen molar-refractivity contribution < 1.29 is 0 Å². The highest BCUT2D eigenvalue weighted by atomic mass is 32.2. The Balaban J connectivity index is 1.85. The molecular formula is C21H20N4S. The van der Waals surface area contributed by atoms with E-state index in [1.807, 2.05) is 16.7 Å². The fourth-order valence-corrected chi connectivity index (χ4v) is 3.45. The molecule has 5 heteroatoms. The molecule has 2 aromatic carbocycles. The Bertz CT molecular complexity index is 1070. The largest absolute Gasteiger partial charge is 0.339 e. The van der Waals surface area contributed by atoms with Gasteiger partial charge in [0, 0.05) is 28.5 Å². The van der Waals surface area contributed by atoms with Crippen molar-refractivity contribution in [2.45, 2.75) is 18.7 Å². The number of fused-ring (bicyclic) bond motifs is 1. The first-order valence-electron chi connectivity index (χ1n) is 8.47. The van der Waals surface area contributed by atoms with Crippen LogP contribution in [0.3, 0.4) is 0 Å². The summed E-state index contributed by atoms with van der Waals surface area (Å²) in [5, 5.41) is 3.57. The number of thioether (sulfide) groups is 1. The van der Waals surface area contributed by atoms with E-state index in [2.05, 4.69) is 72.9 Å². The molecule has 0 fully saturated rings.